The zero-order valence-electron chi connectivity index (χ0n) is 16.5. The molecule has 1 amide bonds. The number of nitrogens with two attached hydrogens (primary N) is 1. The smallest absolute Gasteiger partial charge is 0.274 e. The van der Waals surface area contributed by atoms with Gasteiger partial charge in [-0.05, 0) is 55.4 Å². The normalized spacial score (nSPS) is 22.1. The van der Waals surface area contributed by atoms with E-state index in [1.54, 1.807) is 29.8 Å². The monoisotopic (exact) mass is 407 g/mol. The Labute approximate surface area is 174 Å². The van der Waals surface area contributed by atoms with E-state index in [1.165, 1.54) is 17.7 Å². The Morgan fingerprint density at radius 3 is 2.93 bits per heavy atom. The second-order valence-corrected chi connectivity index (χ2v) is 9.47. The molecule has 0 radical (unpaired) electrons. The van der Waals surface area contributed by atoms with Crippen molar-refractivity contribution in [3.05, 3.63) is 47.2 Å². The van der Waals surface area contributed by atoms with Crippen LogP contribution in [0.4, 0.5) is 11.4 Å². The lowest BCUT2D eigenvalue weighted by Gasteiger charge is -2.37. The number of nitrogens with zero attached hydrogens (tertiary/aromatic N) is 3. The van der Waals surface area contributed by atoms with Gasteiger partial charge in [-0.1, -0.05) is 6.92 Å². The first-order chi connectivity index (χ1) is 14.1. The molecule has 150 valence electrons. The third kappa shape index (κ3) is 3.84. The molecule has 1 saturated heterocycles. The van der Waals surface area contributed by atoms with Crippen molar-refractivity contribution < 1.29 is 4.79 Å². The number of aromatic nitrogens is 2. The maximum absolute atomic E-state index is 12.9. The largest absolute Gasteiger partial charge is 0.368 e. The van der Waals surface area contributed by atoms with Gasteiger partial charge in [0.25, 0.3) is 5.91 Å². The van der Waals surface area contributed by atoms with Crippen molar-refractivity contribution in [2.45, 2.75) is 38.1 Å². The number of carbonyl (C=O) groups is 1. The molecule has 3 aromatic heterocycles. The number of rotatable bonds is 4. The number of thiophene rings is 1. The Hall–Kier alpha value is -2.51. The summed E-state index contributed by atoms with van der Waals surface area (Å²) in [6, 6.07) is 8.03. The van der Waals surface area contributed by atoms with Gasteiger partial charge < -0.3 is 16.0 Å². The molecule has 0 aromatic carbocycles. The number of carbonyl (C=O) groups excluding carboxylic acids is 1. The molecule has 2 aliphatic rings. The van der Waals surface area contributed by atoms with Crippen LogP contribution in [-0.4, -0.2) is 35.0 Å². The molecule has 1 aliphatic carbocycles. The number of piperidine rings is 1. The standard InChI is InChI=1S/C22H25N5OS/c1-13-8-15(23)12-27(11-13)19-6-7-24-10-18(19)26-22(28)16-4-5-20-17(25-16)9-21(29-20)14-2-3-14/h4-7,9-10,13-15H,2-3,8,11-12,23H2,1H3,(H,26,28). The zero-order chi connectivity index (χ0) is 20.0. The lowest BCUT2D eigenvalue weighted by molar-refractivity contribution is 0.102. The number of fused-ring (bicyclic) bond motifs is 1. The fourth-order valence-electron chi connectivity index (χ4n) is 4.18. The third-order valence-corrected chi connectivity index (χ3v) is 6.94. The summed E-state index contributed by atoms with van der Waals surface area (Å²) in [5.41, 5.74) is 9.22. The highest BCUT2D eigenvalue weighted by molar-refractivity contribution is 7.19. The Kier molecular flexibility index (Phi) is 4.72. The molecule has 3 N–H and O–H groups in total. The van der Waals surface area contributed by atoms with Gasteiger partial charge in [-0.2, -0.15) is 0 Å². The average molecular weight is 408 g/mol. The van der Waals surface area contributed by atoms with Crippen LogP contribution in [0.1, 0.15) is 47.5 Å². The van der Waals surface area contributed by atoms with Gasteiger partial charge in [0.1, 0.15) is 5.69 Å². The minimum Gasteiger partial charge on any atom is -0.368 e. The predicted octanol–water partition coefficient (Wildman–Crippen LogP) is 3.99. The minimum atomic E-state index is -0.213. The number of hydrogen-bond donors (Lipinski definition) is 2. The Balaban J connectivity index is 1.39. The number of pyridine rings is 2. The van der Waals surface area contributed by atoms with E-state index in [2.05, 4.69) is 33.2 Å². The van der Waals surface area contributed by atoms with E-state index in [1.807, 2.05) is 12.1 Å². The van der Waals surface area contributed by atoms with Gasteiger partial charge >= 0.3 is 0 Å². The summed E-state index contributed by atoms with van der Waals surface area (Å²) in [5.74, 6) is 0.996. The van der Waals surface area contributed by atoms with Gasteiger partial charge in [0.05, 0.1) is 27.8 Å². The van der Waals surface area contributed by atoms with Crippen LogP contribution in [0.5, 0.6) is 0 Å². The summed E-state index contributed by atoms with van der Waals surface area (Å²) in [5, 5.41) is 3.02. The third-order valence-electron chi connectivity index (χ3n) is 5.68. The first kappa shape index (κ1) is 18.5. The summed E-state index contributed by atoms with van der Waals surface area (Å²) in [6.45, 7) is 3.91. The molecule has 4 heterocycles. The molecule has 1 saturated carbocycles. The number of amides is 1. The highest BCUT2D eigenvalue weighted by atomic mass is 32.1. The minimum absolute atomic E-state index is 0.138. The van der Waals surface area contributed by atoms with E-state index in [0.717, 1.165) is 35.4 Å². The molecular weight excluding hydrogens is 382 g/mol. The molecule has 7 heteroatoms. The number of nitrogens with one attached hydrogen (secondary N) is 1. The molecule has 6 nitrogen and oxygen atoms in total. The van der Waals surface area contributed by atoms with Crippen LogP contribution in [-0.2, 0) is 0 Å². The van der Waals surface area contributed by atoms with Crippen molar-refractivity contribution in [2.24, 2.45) is 11.7 Å². The molecule has 0 spiro atoms. The van der Waals surface area contributed by atoms with Crippen molar-refractivity contribution in [3.63, 3.8) is 0 Å². The fraction of sp³-hybridized carbons (Fsp3) is 0.409. The lowest BCUT2D eigenvalue weighted by Crippen LogP contribution is -2.46. The molecule has 3 aromatic rings. The van der Waals surface area contributed by atoms with Gasteiger partial charge in [0, 0.05) is 30.2 Å². The van der Waals surface area contributed by atoms with Crippen molar-refractivity contribution in [2.75, 3.05) is 23.3 Å². The van der Waals surface area contributed by atoms with Crippen LogP contribution >= 0.6 is 11.3 Å². The molecular formula is C22H25N5OS. The van der Waals surface area contributed by atoms with Crippen molar-refractivity contribution in [1.29, 1.82) is 0 Å². The van der Waals surface area contributed by atoms with Crippen molar-refractivity contribution >= 4 is 38.8 Å². The van der Waals surface area contributed by atoms with E-state index in [4.69, 9.17) is 5.73 Å². The van der Waals surface area contributed by atoms with Crippen LogP contribution in [0, 0.1) is 5.92 Å². The Morgan fingerprint density at radius 1 is 1.28 bits per heavy atom. The van der Waals surface area contributed by atoms with Gasteiger partial charge in [-0.3, -0.25) is 9.78 Å². The summed E-state index contributed by atoms with van der Waals surface area (Å²) >= 11 is 1.79. The van der Waals surface area contributed by atoms with Crippen LogP contribution in [0.15, 0.2) is 36.7 Å². The van der Waals surface area contributed by atoms with E-state index in [-0.39, 0.29) is 11.9 Å². The first-order valence-electron chi connectivity index (χ1n) is 10.2. The number of anilines is 2. The van der Waals surface area contributed by atoms with E-state index in [0.29, 0.717) is 23.2 Å². The van der Waals surface area contributed by atoms with Crippen LogP contribution in [0.2, 0.25) is 0 Å². The maximum atomic E-state index is 12.9. The van der Waals surface area contributed by atoms with E-state index >= 15 is 0 Å². The SMILES string of the molecule is CC1CC(N)CN(c2ccncc2NC(=O)c2ccc3sc(C4CC4)cc3n2)C1. The van der Waals surface area contributed by atoms with Crippen molar-refractivity contribution in [3.8, 4) is 0 Å². The fourth-order valence-corrected chi connectivity index (χ4v) is 5.35. The van der Waals surface area contributed by atoms with E-state index < -0.39 is 0 Å². The van der Waals surface area contributed by atoms with Crippen LogP contribution in [0.25, 0.3) is 10.2 Å². The summed E-state index contributed by atoms with van der Waals surface area (Å²) < 4.78 is 1.14. The molecule has 29 heavy (non-hydrogen) atoms. The highest BCUT2D eigenvalue weighted by Crippen LogP contribution is 2.44. The van der Waals surface area contributed by atoms with E-state index in [9.17, 15) is 4.79 Å². The van der Waals surface area contributed by atoms with Crippen LogP contribution < -0.4 is 16.0 Å². The quantitative estimate of drug-likeness (QED) is 0.683. The maximum Gasteiger partial charge on any atom is 0.274 e. The molecule has 5 rings (SSSR count). The Bertz CT molecular complexity index is 1050. The van der Waals surface area contributed by atoms with Crippen LogP contribution in [0.3, 0.4) is 0 Å². The summed E-state index contributed by atoms with van der Waals surface area (Å²) in [4.78, 5) is 25.4. The molecule has 1 aliphatic heterocycles. The molecule has 2 unspecified atom stereocenters. The van der Waals surface area contributed by atoms with Gasteiger partial charge in [0.15, 0.2) is 0 Å². The Morgan fingerprint density at radius 2 is 2.14 bits per heavy atom. The number of hydrogen-bond acceptors (Lipinski definition) is 6. The zero-order valence-corrected chi connectivity index (χ0v) is 17.3. The lowest BCUT2D eigenvalue weighted by atomic mass is 9.96. The molecule has 0 bridgehead atoms. The first-order valence-corrected chi connectivity index (χ1v) is 11.0. The van der Waals surface area contributed by atoms with Gasteiger partial charge in [-0.25, -0.2) is 4.98 Å². The highest BCUT2D eigenvalue weighted by Gasteiger charge is 2.26. The average Bonchev–Trinajstić information content (AvgIpc) is 3.46. The summed E-state index contributed by atoms with van der Waals surface area (Å²) in [7, 11) is 0. The molecule has 2 fully saturated rings. The second-order valence-electron chi connectivity index (χ2n) is 8.36. The predicted molar refractivity (Wildman–Crippen MR) is 118 cm³/mol. The van der Waals surface area contributed by atoms with Crippen molar-refractivity contribution in [1.82, 2.24) is 9.97 Å². The second kappa shape index (κ2) is 7.39. The van der Waals surface area contributed by atoms with Gasteiger partial charge in [-0.15, -0.1) is 11.3 Å². The van der Waals surface area contributed by atoms with Gasteiger partial charge in [0.2, 0.25) is 0 Å². The summed E-state index contributed by atoms with van der Waals surface area (Å²) in [6.07, 6.45) is 7.01. The topological polar surface area (TPSA) is 84.1 Å². The molecule has 2 atom stereocenters.